The van der Waals surface area contributed by atoms with E-state index in [1.54, 1.807) is 6.08 Å². The first-order chi connectivity index (χ1) is 38.1. The molecule has 2 saturated heterocycles. The maximum Gasteiger partial charge on any atom is 0.220 e. The Morgan fingerprint density at radius 1 is 0.487 bits per heavy atom. The maximum atomic E-state index is 13.2. The van der Waals surface area contributed by atoms with Crippen LogP contribution in [-0.2, 0) is 23.7 Å². The van der Waals surface area contributed by atoms with Crippen LogP contribution >= 0.6 is 0 Å². The number of unbranched alkanes of at least 4 members (excludes halogenated alkanes) is 24. The minimum atomic E-state index is -1.79. The molecule has 1 amide bonds. The van der Waals surface area contributed by atoms with Gasteiger partial charge in [0.1, 0.15) is 48.8 Å². The number of aliphatic hydroxyl groups excluding tert-OH is 8. The van der Waals surface area contributed by atoms with E-state index in [0.717, 1.165) is 64.2 Å². The monoisotopic (exact) mass is 1100 g/mol. The Balaban J connectivity index is 1.57. The Bertz CT molecular complexity index is 1630. The highest BCUT2D eigenvalue weighted by atomic mass is 16.7. The molecule has 0 aromatic heterocycles. The van der Waals surface area contributed by atoms with Gasteiger partial charge in [-0.05, 0) is 77.6 Å². The second-order valence-corrected chi connectivity index (χ2v) is 21.4. The predicted molar refractivity (Wildman–Crippen MR) is 313 cm³/mol. The number of hydrogen-bond acceptors (Lipinski definition) is 13. The number of carbonyl (C=O) groups is 1. The highest BCUT2D eigenvalue weighted by molar-refractivity contribution is 5.76. The number of rotatable bonds is 48. The van der Waals surface area contributed by atoms with Crippen molar-refractivity contribution in [2.24, 2.45) is 0 Å². The number of allylic oxidation sites excluding steroid dienone is 13. The van der Waals surface area contributed by atoms with Gasteiger partial charge in [-0.2, -0.15) is 0 Å². The number of carbonyl (C=O) groups excluding carboxylic acids is 1. The van der Waals surface area contributed by atoms with Crippen molar-refractivity contribution in [2.75, 3.05) is 19.8 Å². The van der Waals surface area contributed by atoms with Crippen molar-refractivity contribution in [2.45, 2.75) is 293 Å². The van der Waals surface area contributed by atoms with Crippen molar-refractivity contribution in [1.82, 2.24) is 5.32 Å². The lowest BCUT2D eigenvalue weighted by Crippen LogP contribution is -2.65. The summed E-state index contributed by atoms with van der Waals surface area (Å²) in [6, 6.07) is -0.937. The quantitative estimate of drug-likeness (QED) is 0.0204. The van der Waals surface area contributed by atoms with Crippen LogP contribution < -0.4 is 5.32 Å². The van der Waals surface area contributed by atoms with Gasteiger partial charge >= 0.3 is 0 Å². The summed E-state index contributed by atoms with van der Waals surface area (Å²) in [6.45, 7) is 2.41. The summed E-state index contributed by atoms with van der Waals surface area (Å²) in [5.41, 5.74) is 0. The molecular weight excluding hydrogens is 991 g/mol. The third kappa shape index (κ3) is 33.8. The number of nitrogens with one attached hydrogen (secondary N) is 1. The van der Waals surface area contributed by atoms with Crippen LogP contribution in [0.3, 0.4) is 0 Å². The smallest absolute Gasteiger partial charge is 0.220 e. The number of amides is 1. The van der Waals surface area contributed by atoms with Crippen LogP contribution in [0.4, 0.5) is 0 Å². The summed E-state index contributed by atoms with van der Waals surface area (Å²) < 4.78 is 22.7. The average molecular weight is 1100 g/mol. The summed E-state index contributed by atoms with van der Waals surface area (Å²) in [6.07, 6.45) is 49.8. The fourth-order valence-electron chi connectivity index (χ4n) is 9.73. The van der Waals surface area contributed by atoms with Gasteiger partial charge in [0.05, 0.1) is 32.0 Å². The fraction of sp³-hybridized carbons (Fsp3) is 0.766. The molecule has 0 radical (unpaired) electrons. The van der Waals surface area contributed by atoms with Gasteiger partial charge < -0.3 is 65.1 Å². The SMILES string of the molecule is C/C=C/CC/C=C/CC/C=C/C(O)C(COC1OC(CO)C(OC2OC(CO)C(O)C(O)C2O)C(O)C1O)NC(=O)CCCCCCCCCCCCCCCCCCCCCCCC/C=C\C/C=C\C/C=C\C/C=C\CC. The zero-order valence-corrected chi connectivity index (χ0v) is 48.4. The van der Waals surface area contributed by atoms with Crippen LogP contribution in [0.5, 0.6) is 0 Å². The van der Waals surface area contributed by atoms with Crippen molar-refractivity contribution >= 4 is 5.91 Å². The molecule has 12 atom stereocenters. The molecule has 0 aromatic carbocycles. The van der Waals surface area contributed by atoms with E-state index in [1.165, 1.54) is 122 Å². The fourth-order valence-corrected chi connectivity index (χ4v) is 9.73. The second-order valence-electron chi connectivity index (χ2n) is 21.4. The highest BCUT2D eigenvalue weighted by Gasteiger charge is 2.51. The summed E-state index contributed by atoms with van der Waals surface area (Å²) in [4.78, 5) is 13.2. The molecule has 450 valence electrons. The summed E-state index contributed by atoms with van der Waals surface area (Å²) in [5, 5.41) is 86.7. The van der Waals surface area contributed by atoms with Crippen LogP contribution in [0, 0.1) is 0 Å². The second kappa shape index (κ2) is 48.8. The molecule has 78 heavy (non-hydrogen) atoms. The Kier molecular flexibility index (Phi) is 44.6. The molecule has 2 aliphatic heterocycles. The van der Waals surface area contributed by atoms with Crippen molar-refractivity contribution in [3.8, 4) is 0 Å². The van der Waals surface area contributed by atoms with Gasteiger partial charge in [0.15, 0.2) is 12.6 Å². The topological polar surface area (TPSA) is 228 Å². The highest BCUT2D eigenvalue weighted by Crippen LogP contribution is 2.30. The molecule has 2 heterocycles. The van der Waals surface area contributed by atoms with Gasteiger partial charge in [-0.1, -0.05) is 220 Å². The lowest BCUT2D eigenvalue weighted by molar-refractivity contribution is -0.359. The average Bonchev–Trinajstić information content (AvgIpc) is 3.47. The van der Waals surface area contributed by atoms with Crippen molar-refractivity contribution in [1.29, 1.82) is 0 Å². The minimum absolute atomic E-state index is 0.257. The Hall–Kier alpha value is -2.83. The van der Waals surface area contributed by atoms with Crippen LogP contribution in [0.15, 0.2) is 85.1 Å². The van der Waals surface area contributed by atoms with E-state index in [0.29, 0.717) is 12.8 Å². The third-order valence-corrected chi connectivity index (χ3v) is 14.6. The lowest BCUT2D eigenvalue weighted by Gasteiger charge is -2.46. The molecule has 0 aromatic rings. The molecule has 2 rings (SSSR count). The molecule has 12 unspecified atom stereocenters. The van der Waals surface area contributed by atoms with Gasteiger partial charge in [-0.15, -0.1) is 0 Å². The van der Waals surface area contributed by atoms with E-state index < -0.39 is 86.8 Å². The normalized spacial score (nSPS) is 25.2. The lowest BCUT2D eigenvalue weighted by atomic mass is 9.97. The van der Waals surface area contributed by atoms with Crippen molar-refractivity contribution in [3.63, 3.8) is 0 Å². The first-order valence-corrected chi connectivity index (χ1v) is 30.8. The molecule has 9 N–H and O–H groups in total. The first kappa shape index (κ1) is 71.3. The van der Waals surface area contributed by atoms with Gasteiger partial charge in [0, 0.05) is 6.42 Å². The molecule has 0 spiro atoms. The number of ether oxygens (including phenoxy) is 4. The van der Waals surface area contributed by atoms with Gasteiger partial charge in [-0.3, -0.25) is 4.79 Å². The van der Waals surface area contributed by atoms with E-state index in [-0.39, 0.29) is 18.9 Å². The van der Waals surface area contributed by atoms with Crippen molar-refractivity contribution < 1.29 is 64.6 Å². The standard InChI is InChI=1S/C64H111NO13/c1-3-5-7-9-11-13-14-15-16-17-18-19-20-21-22-23-24-25-26-27-28-29-30-31-32-33-34-35-36-37-38-40-42-44-46-48-56(69)65-52(53(68)47-45-43-41-39-12-10-8-6-4-2)51-75-63-61(74)59(72)62(55(50-67)77-63)78-64-60(73)58(71)57(70)54(49-66)76-64/h4-7,11-13,15-16,18-19,39,45,47,52-55,57-64,66-68,70-74H,3,8-10,14,17,20-38,40-44,46,48-51H2,1-2H3,(H,65,69)/b6-4+,7-5-,13-11-,16-15-,19-18-,39-12+,47-45+. The van der Waals surface area contributed by atoms with Gasteiger partial charge in [0.25, 0.3) is 0 Å². The molecule has 0 bridgehead atoms. The van der Waals surface area contributed by atoms with Crippen molar-refractivity contribution in [3.05, 3.63) is 85.1 Å². The van der Waals surface area contributed by atoms with Gasteiger partial charge in [-0.25, -0.2) is 0 Å². The van der Waals surface area contributed by atoms with E-state index in [2.05, 4.69) is 79.1 Å². The molecule has 14 nitrogen and oxygen atoms in total. The minimum Gasteiger partial charge on any atom is -0.394 e. The molecule has 14 heteroatoms. The van der Waals surface area contributed by atoms with E-state index >= 15 is 0 Å². The zero-order chi connectivity index (χ0) is 56.7. The van der Waals surface area contributed by atoms with Crippen LogP contribution in [0.25, 0.3) is 0 Å². The maximum absolute atomic E-state index is 13.2. The largest absolute Gasteiger partial charge is 0.394 e. The van der Waals surface area contributed by atoms with Crippen LogP contribution in [-0.4, -0.2) is 140 Å². The van der Waals surface area contributed by atoms with E-state index in [4.69, 9.17) is 18.9 Å². The number of hydrogen-bond donors (Lipinski definition) is 9. The molecule has 2 aliphatic rings. The van der Waals surface area contributed by atoms with Crippen LogP contribution in [0.2, 0.25) is 0 Å². The summed E-state index contributed by atoms with van der Waals surface area (Å²) in [5.74, 6) is -0.257. The van der Waals surface area contributed by atoms with E-state index in [9.17, 15) is 45.6 Å². The third-order valence-electron chi connectivity index (χ3n) is 14.6. The molecule has 2 fully saturated rings. The summed E-state index contributed by atoms with van der Waals surface area (Å²) >= 11 is 0. The first-order valence-electron chi connectivity index (χ1n) is 30.8. The van der Waals surface area contributed by atoms with Gasteiger partial charge in [0.2, 0.25) is 5.91 Å². The number of aliphatic hydroxyl groups is 8. The molecular formula is C64H111NO13. The zero-order valence-electron chi connectivity index (χ0n) is 48.4. The Morgan fingerprint density at radius 2 is 0.910 bits per heavy atom. The predicted octanol–water partition coefficient (Wildman–Crippen LogP) is 10.9. The summed E-state index contributed by atoms with van der Waals surface area (Å²) in [7, 11) is 0. The van der Waals surface area contributed by atoms with Crippen LogP contribution in [0.1, 0.15) is 219 Å². The Morgan fingerprint density at radius 3 is 1.41 bits per heavy atom. The van der Waals surface area contributed by atoms with E-state index in [1.807, 2.05) is 19.1 Å². The molecule has 0 aliphatic carbocycles. The Labute approximate surface area is 471 Å². The molecule has 0 saturated carbocycles.